The molecule has 1 nitrogen and oxygen atoms in total. The van der Waals surface area contributed by atoms with Crippen LogP contribution in [0.15, 0.2) is 72.8 Å². The van der Waals surface area contributed by atoms with E-state index in [1.807, 2.05) is 30.3 Å². The predicted octanol–water partition coefficient (Wildman–Crippen LogP) is 5.45. The van der Waals surface area contributed by atoms with Crippen molar-refractivity contribution in [1.29, 1.82) is 0 Å². The van der Waals surface area contributed by atoms with Crippen LogP contribution in [0.4, 0.5) is 4.39 Å². The minimum atomic E-state index is -0.534. The second kappa shape index (κ2) is 5.81. The van der Waals surface area contributed by atoms with Crippen LogP contribution in [0.3, 0.4) is 0 Å². The van der Waals surface area contributed by atoms with Crippen LogP contribution in [-0.2, 0) is 13.1 Å². The van der Waals surface area contributed by atoms with E-state index in [2.05, 4.69) is 47.4 Å². The maximum Gasteiger partial charge on any atom is 0.131 e. The molecule has 0 saturated heterocycles. The first-order valence-electron chi connectivity index (χ1n) is 7.75. The highest BCUT2D eigenvalue weighted by atomic mass is 19.1. The van der Waals surface area contributed by atoms with Gasteiger partial charge >= 0.3 is 0 Å². The van der Waals surface area contributed by atoms with E-state index in [0.29, 0.717) is 12.1 Å². The Morgan fingerprint density at radius 3 is 2.26 bits per heavy atom. The summed E-state index contributed by atoms with van der Waals surface area (Å²) in [5, 5.41) is 4.59. The lowest BCUT2D eigenvalue weighted by molar-refractivity contribution is 0.476. The Hall–Kier alpha value is -2.74. The van der Waals surface area contributed by atoms with Crippen molar-refractivity contribution >= 4 is 21.5 Å². The highest BCUT2D eigenvalue weighted by Crippen LogP contribution is 2.25. The van der Waals surface area contributed by atoms with Gasteiger partial charge in [-0.25, -0.2) is 4.39 Å². The molecule has 0 N–H and O–H groups in total. The van der Waals surface area contributed by atoms with E-state index in [1.165, 1.54) is 16.3 Å². The maximum atomic E-state index is 13.2. The minimum absolute atomic E-state index is 0.499. The molecule has 0 aliphatic rings. The van der Waals surface area contributed by atoms with Crippen molar-refractivity contribution in [2.75, 3.05) is 0 Å². The molecule has 0 unspecified atom stereocenters. The molecule has 4 aromatic rings. The first-order valence-corrected chi connectivity index (χ1v) is 7.75. The standard InChI is InChI=1S/C21H16FN/c22-14-18-12-16-7-2-4-11-20(16)21(23-18)13-17-9-5-8-15-6-1-3-10-19(15)17/h1-12H,13-14H2. The molecule has 0 spiro atoms. The van der Waals surface area contributed by atoms with Gasteiger partial charge in [0.2, 0.25) is 0 Å². The lowest BCUT2D eigenvalue weighted by Crippen LogP contribution is -1.98. The number of hydrogen-bond acceptors (Lipinski definition) is 1. The summed E-state index contributed by atoms with van der Waals surface area (Å²) in [6.45, 7) is -0.534. The van der Waals surface area contributed by atoms with Crippen LogP contribution in [0.2, 0.25) is 0 Å². The second-order valence-electron chi connectivity index (χ2n) is 5.73. The van der Waals surface area contributed by atoms with Gasteiger partial charge in [-0.15, -0.1) is 0 Å². The summed E-state index contributed by atoms with van der Waals surface area (Å²) in [6.07, 6.45) is 0.704. The van der Waals surface area contributed by atoms with Gasteiger partial charge in [0.05, 0.1) is 11.4 Å². The summed E-state index contributed by atoms with van der Waals surface area (Å²) in [7, 11) is 0. The third-order valence-electron chi connectivity index (χ3n) is 4.25. The summed E-state index contributed by atoms with van der Waals surface area (Å²) in [5.41, 5.74) is 2.66. The van der Waals surface area contributed by atoms with Crippen LogP contribution in [0.25, 0.3) is 21.5 Å². The largest absolute Gasteiger partial charge is 0.254 e. The van der Waals surface area contributed by atoms with E-state index in [0.717, 1.165) is 16.5 Å². The number of aromatic nitrogens is 1. The van der Waals surface area contributed by atoms with Gasteiger partial charge in [0.15, 0.2) is 0 Å². The van der Waals surface area contributed by atoms with Crippen LogP contribution in [-0.4, -0.2) is 4.98 Å². The monoisotopic (exact) mass is 301 g/mol. The number of halogens is 1. The number of rotatable bonds is 3. The number of benzene rings is 3. The number of alkyl halides is 1. The van der Waals surface area contributed by atoms with Gasteiger partial charge < -0.3 is 0 Å². The normalized spacial score (nSPS) is 11.2. The fourth-order valence-electron chi connectivity index (χ4n) is 3.16. The molecule has 3 aromatic carbocycles. The summed E-state index contributed by atoms with van der Waals surface area (Å²) >= 11 is 0. The number of nitrogens with zero attached hydrogens (tertiary/aromatic N) is 1. The van der Waals surface area contributed by atoms with Gasteiger partial charge in [0.25, 0.3) is 0 Å². The van der Waals surface area contributed by atoms with Gasteiger partial charge in [0, 0.05) is 11.8 Å². The molecule has 0 fully saturated rings. The van der Waals surface area contributed by atoms with Crippen LogP contribution >= 0.6 is 0 Å². The smallest absolute Gasteiger partial charge is 0.131 e. The quantitative estimate of drug-likeness (QED) is 0.490. The lowest BCUT2D eigenvalue weighted by atomic mass is 9.98. The van der Waals surface area contributed by atoms with Gasteiger partial charge in [-0.3, -0.25) is 4.98 Å². The van der Waals surface area contributed by atoms with E-state index in [4.69, 9.17) is 0 Å². The fourth-order valence-corrected chi connectivity index (χ4v) is 3.16. The van der Waals surface area contributed by atoms with Crippen LogP contribution in [0, 0.1) is 0 Å². The summed E-state index contributed by atoms with van der Waals surface area (Å²) in [5.74, 6) is 0. The molecular formula is C21H16FN. The SMILES string of the molecule is FCc1cc2ccccc2c(Cc2cccc3ccccc23)n1. The Morgan fingerprint density at radius 1 is 0.739 bits per heavy atom. The Labute approximate surface area is 134 Å². The third kappa shape index (κ3) is 2.57. The van der Waals surface area contributed by atoms with Crippen molar-refractivity contribution in [3.63, 3.8) is 0 Å². The summed E-state index contributed by atoms with van der Waals surface area (Å²) in [4.78, 5) is 4.55. The van der Waals surface area contributed by atoms with E-state index >= 15 is 0 Å². The number of hydrogen-bond donors (Lipinski definition) is 0. The zero-order valence-corrected chi connectivity index (χ0v) is 12.7. The van der Waals surface area contributed by atoms with Crippen LogP contribution in [0.1, 0.15) is 17.0 Å². The Bertz CT molecular complexity index is 986. The van der Waals surface area contributed by atoms with Crippen molar-refractivity contribution in [2.24, 2.45) is 0 Å². The molecule has 0 atom stereocenters. The average molecular weight is 301 g/mol. The molecule has 2 heteroatoms. The van der Waals surface area contributed by atoms with E-state index in [-0.39, 0.29) is 0 Å². The topological polar surface area (TPSA) is 12.9 Å². The molecule has 112 valence electrons. The first kappa shape index (κ1) is 13.9. The predicted molar refractivity (Wildman–Crippen MR) is 93.3 cm³/mol. The molecule has 0 saturated carbocycles. The molecule has 4 rings (SSSR count). The maximum absolute atomic E-state index is 13.2. The molecule has 0 amide bonds. The summed E-state index contributed by atoms with van der Waals surface area (Å²) in [6, 6.07) is 24.5. The van der Waals surface area contributed by atoms with Gasteiger partial charge in [-0.2, -0.15) is 0 Å². The molecular weight excluding hydrogens is 285 g/mol. The molecule has 0 bridgehead atoms. The third-order valence-corrected chi connectivity index (χ3v) is 4.25. The molecule has 0 aliphatic carbocycles. The Morgan fingerprint density at radius 2 is 1.43 bits per heavy atom. The molecule has 0 radical (unpaired) electrons. The average Bonchev–Trinajstić information content (AvgIpc) is 2.62. The zero-order chi connectivity index (χ0) is 15.6. The second-order valence-corrected chi connectivity index (χ2v) is 5.73. The molecule has 1 aromatic heterocycles. The van der Waals surface area contributed by atoms with Crippen LogP contribution < -0.4 is 0 Å². The van der Waals surface area contributed by atoms with Crippen molar-refractivity contribution in [1.82, 2.24) is 4.98 Å². The van der Waals surface area contributed by atoms with E-state index in [9.17, 15) is 4.39 Å². The van der Waals surface area contributed by atoms with Crippen molar-refractivity contribution in [3.8, 4) is 0 Å². The number of fused-ring (bicyclic) bond motifs is 2. The molecule has 0 aliphatic heterocycles. The van der Waals surface area contributed by atoms with Crippen molar-refractivity contribution in [2.45, 2.75) is 13.1 Å². The Kier molecular flexibility index (Phi) is 3.51. The van der Waals surface area contributed by atoms with E-state index in [1.54, 1.807) is 0 Å². The van der Waals surface area contributed by atoms with E-state index < -0.39 is 6.67 Å². The van der Waals surface area contributed by atoms with Crippen LogP contribution in [0.5, 0.6) is 0 Å². The molecule has 23 heavy (non-hydrogen) atoms. The number of pyridine rings is 1. The molecule has 1 heterocycles. The van der Waals surface area contributed by atoms with Gasteiger partial charge in [-0.1, -0.05) is 66.7 Å². The Balaban J connectivity index is 1.89. The van der Waals surface area contributed by atoms with Gasteiger partial charge in [0.1, 0.15) is 6.67 Å². The van der Waals surface area contributed by atoms with Crippen molar-refractivity contribution < 1.29 is 4.39 Å². The van der Waals surface area contributed by atoms with Gasteiger partial charge in [-0.05, 0) is 27.8 Å². The fraction of sp³-hybridized carbons (Fsp3) is 0.0952. The zero-order valence-electron chi connectivity index (χ0n) is 12.7. The minimum Gasteiger partial charge on any atom is -0.254 e. The van der Waals surface area contributed by atoms with Crippen molar-refractivity contribution in [3.05, 3.63) is 89.7 Å². The first-order chi connectivity index (χ1) is 11.3. The highest BCUT2D eigenvalue weighted by Gasteiger charge is 2.09. The highest BCUT2D eigenvalue weighted by molar-refractivity contribution is 5.88. The lowest BCUT2D eigenvalue weighted by Gasteiger charge is -2.10. The summed E-state index contributed by atoms with van der Waals surface area (Å²) < 4.78 is 13.2.